The lowest BCUT2D eigenvalue weighted by Gasteiger charge is -2.20. The van der Waals surface area contributed by atoms with E-state index in [-0.39, 0.29) is 27.5 Å². The predicted molar refractivity (Wildman–Crippen MR) is 113 cm³/mol. The quantitative estimate of drug-likeness (QED) is 0.646. The number of nitrogens with zero attached hydrogens (tertiary/aromatic N) is 2. The van der Waals surface area contributed by atoms with E-state index >= 15 is 0 Å². The zero-order valence-electron chi connectivity index (χ0n) is 16.8. The Hall–Kier alpha value is -2.67. The molecule has 4 rings (SSSR count). The molecular formula is C22H24N2O4S. The van der Waals surface area contributed by atoms with Crippen LogP contribution in [0.5, 0.6) is 0 Å². The largest absolute Gasteiger partial charge is 0.331 e. The fourth-order valence-electron chi connectivity index (χ4n) is 3.78. The van der Waals surface area contributed by atoms with Gasteiger partial charge in [-0.25, -0.2) is 13.2 Å². The van der Waals surface area contributed by atoms with Crippen LogP contribution in [-0.2, 0) is 16.9 Å². The molecule has 6 nitrogen and oxygen atoms in total. The van der Waals surface area contributed by atoms with Gasteiger partial charge in [0.2, 0.25) is 0 Å². The Morgan fingerprint density at radius 2 is 1.72 bits per heavy atom. The Labute approximate surface area is 169 Å². The third-order valence-electron chi connectivity index (χ3n) is 5.93. The van der Waals surface area contributed by atoms with Gasteiger partial charge in [-0.3, -0.25) is 13.9 Å². The first-order valence-corrected chi connectivity index (χ1v) is 11.3. The van der Waals surface area contributed by atoms with Crippen molar-refractivity contribution in [1.29, 1.82) is 0 Å². The summed E-state index contributed by atoms with van der Waals surface area (Å²) in [7, 11) is -2.09. The number of hydrogen-bond donors (Lipinski definition) is 0. The Bertz CT molecular complexity index is 1320. The van der Waals surface area contributed by atoms with Crippen molar-refractivity contribution in [3.05, 3.63) is 74.9 Å². The molecule has 0 saturated heterocycles. The van der Waals surface area contributed by atoms with Crippen LogP contribution < -0.4 is 11.2 Å². The minimum atomic E-state index is -3.51. The van der Waals surface area contributed by atoms with Crippen molar-refractivity contribution in [3.8, 4) is 0 Å². The molecule has 1 aromatic heterocycles. The van der Waals surface area contributed by atoms with Gasteiger partial charge in [0.05, 0.1) is 27.6 Å². The fourth-order valence-corrected chi connectivity index (χ4v) is 5.72. The number of sulfone groups is 1. The van der Waals surface area contributed by atoms with Crippen molar-refractivity contribution >= 4 is 20.7 Å². The van der Waals surface area contributed by atoms with E-state index in [1.165, 1.54) is 19.2 Å². The highest BCUT2D eigenvalue weighted by atomic mass is 32.2. The van der Waals surface area contributed by atoms with Crippen LogP contribution in [0.4, 0.5) is 0 Å². The number of fused-ring (bicyclic) bond motifs is 1. The topological polar surface area (TPSA) is 78.1 Å². The van der Waals surface area contributed by atoms with Gasteiger partial charge in [0.25, 0.3) is 5.56 Å². The van der Waals surface area contributed by atoms with Gasteiger partial charge in [-0.05, 0) is 48.9 Å². The van der Waals surface area contributed by atoms with E-state index in [0.717, 1.165) is 23.0 Å². The van der Waals surface area contributed by atoms with Crippen molar-refractivity contribution in [3.63, 3.8) is 0 Å². The zero-order chi connectivity index (χ0) is 21.0. The molecule has 1 fully saturated rings. The molecule has 0 amide bonds. The predicted octanol–water partition coefficient (Wildman–Crippen LogP) is 2.88. The van der Waals surface area contributed by atoms with Crippen molar-refractivity contribution < 1.29 is 8.42 Å². The Morgan fingerprint density at radius 3 is 2.34 bits per heavy atom. The van der Waals surface area contributed by atoms with Crippen LogP contribution in [0.15, 0.2) is 63.0 Å². The summed E-state index contributed by atoms with van der Waals surface area (Å²) in [6, 6.07) is 13.7. The maximum atomic E-state index is 12.9. The summed E-state index contributed by atoms with van der Waals surface area (Å²) in [5.74, 6) is 0.0753. The summed E-state index contributed by atoms with van der Waals surface area (Å²) in [5.41, 5.74) is 0.273. The highest BCUT2D eigenvalue weighted by Gasteiger charge is 2.41. The van der Waals surface area contributed by atoms with Crippen LogP contribution >= 0.6 is 0 Å². The molecule has 0 aliphatic heterocycles. The van der Waals surface area contributed by atoms with Gasteiger partial charge in [0.1, 0.15) is 0 Å². The van der Waals surface area contributed by atoms with Gasteiger partial charge < -0.3 is 0 Å². The molecule has 0 spiro atoms. The summed E-state index contributed by atoms with van der Waals surface area (Å²) in [6.45, 7) is 3.85. The monoisotopic (exact) mass is 412 g/mol. The summed E-state index contributed by atoms with van der Waals surface area (Å²) in [4.78, 5) is 25.8. The first-order chi connectivity index (χ1) is 13.6. The van der Waals surface area contributed by atoms with Gasteiger partial charge in [0, 0.05) is 7.05 Å². The molecular weight excluding hydrogens is 388 g/mol. The van der Waals surface area contributed by atoms with Gasteiger partial charge in [-0.15, -0.1) is 0 Å². The third kappa shape index (κ3) is 3.44. The smallest absolute Gasteiger partial charge is 0.286 e. The molecule has 7 heteroatoms. The highest BCUT2D eigenvalue weighted by molar-refractivity contribution is 7.91. The normalized spacial score (nSPS) is 16.7. The maximum Gasteiger partial charge on any atom is 0.331 e. The van der Waals surface area contributed by atoms with Gasteiger partial charge >= 0.3 is 5.69 Å². The number of aromatic nitrogens is 2. The second-order valence-electron chi connectivity index (χ2n) is 8.35. The summed E-state index contributed by atoms with van der Waals surface area (Å²) < 4.78 is 28.3. The van der Waals surface area contributed by atoms with Crippen LogP contribution in [0.25, 0.3) is 10.9 Å². The van der Waals surface area contributed by atoms with Crippen LogP contribution in [0, 0.1) is 5.41 Å². The number of benzene rings is 2. The zero-order valence-corrected chi connectivity index (χ0v) is 17.6. The van der Waals surface area contributed by atoms with Gasteiger partial charge in [-0.2, -0.15) is 0 Å². The Kier molecular flexibility index (Phi) is 4.53. The Balaban J connectivity index is 1.92. The SMILES string of the molecule is C[C@@H](c1ccccc1)n1c(=O)n(C)c(=O)c2cc(S(=O)(=O)CC3(C)CC3)ccc21. The molecule has 0 N–H and O–H groups in total. The third-order valence-corrected chi connectivity index (χ3v) is 7.98. The maximum absolute atomic E-state index is 12.9. The van der Waals surface area contributed by atoms with E-state index in [1.54, 1.807) is 10.6 Å². The lowest BCUT2D eigenvalue weighted by molar-refractivity contribution is 0.567. The second kappa shape index (κ2) is 6.69. The van der Waals surface area contributed by atoms with Gasteiger partial charge in [0.15, 0.2) is 9.84 Å². The van der Waals surface area contributed by atoms with Crippen molar-refractivity contribution in [2.75, 3.05) is 5.75 Å². The number of hydrogen-bond acceptors (Lipinski definition) is 4. The first kappa shape index (κ1) is 19.6. The van der Waals surface area contributed by atoms with Crippen LogP contribution in [0.3, 0.4) is 0 Å². The fraction of sp³-hybridized carbons (Fsp3) is 0.364. The van der Waals surface area contributed by atoms with E-state index in [1.807, 2.05) is 44.2 Å². The minimum absolute atomic E-state index is 0.0753. The lowest BCUT2D eigenvalue weighted by atomic mass is 10.1. The van der Waals surface area contributed by atoms with Crippen molar-refractivity contribution in [2.24, 2.45) is 12.5 Å². The van der Waals surface area contributed by atoms with Crippen LogP contribution in [0.1, 0.15) is 38.3 Å². The number of rotatable bonds is 5. The van der Waals surface area contributed by atoms with E-state index in [9.17, 15) is 18.0 Å². The molecule has 0 radical (unpaired) electrons. The van der Waals surface area contributed by atoms with E-state index in [4.69, 9.17) is 0 Å². The average molecular weight is 413 g/mol. The van der Waals surface area contributed by atoms with Crippen molar-refractivity contribution in [2.45, 2.75) is 37.6 Å². The molecule has 29 heavy (non-hydrogen) atoms. The summed E-state index contributed by atoms with van der Waals surface area (Å²) in [5, 5.41) is 0.233. The standard InChI is InChI=1S/C22H24N2O4S/c1-15(16-7-5-4-6-8-16)24-19-10-9-17(29(27,28)14-22(2)11-12-22)13-18(19)20(25)23(3)21(24)26/h4-10,13,15H,11-12,14H2,1-3H3/t15-/m0/s1. The van der Waals surface area contributed by atoms with Gasteiger partial charge in [-0.1, -0.05) is 37.3 Å². The minimum Gasteiger partial charge on any atom is -0.286 e. The van der Waals surface area contributed by atoms with Crippen molar-refractivity contribution in [1.82, 2.24) is 9.13 Å². The van der Waals surface area contributed by atoms with E-state index in [0.29, 0.717) is 5.52 Å². The molecule has 2 aromatic carbocycles. The summed E-state index contributed by atoms with van der Waals surface area (Å²) in [6.07, 6.45) is 1.80. The first-order valence-electron chi connectivity index (χ1n) is 9.66. The van der Waals surface area contributed by atoms with E-state index in [2.05, 4.69) is 0 Å². The highest BCUT2D eigenvalue weighted by Crippen LogP contribution is 2.46. The molecule has 0 unspecified atom stereocenters. The summed E-state index contributed by atoms with van der Waals surface area (Å²) >= 11 is 0. The van der Waals surface area contributed by atoms with Crippen LogP contribution in [0.2, 0.25) is 0 Å². The van der Waals surface area contributed by atoms with Crippen LogP contribution in [-0.4, -0.2) is 23.3 Å². The molecule has 152 valence electrons. The molecule has 1 heterocycles. The molecule has 1 saturated carbocycles. The Morgan fingerprint density at radius 1 is 1.07 bits per heavy atom. The average Bonchev–Trinajstić information content (AvgIpc) is 3.42. The molecule has 0 bridgehead atoms. The lowest BCUT2D eigenvalue weighted by Crippen LogP contribution is -2.39. The molecule has 1 aliphatic rings. The molecule has 1 aliphatic carbocycles. The second-order valence-corrected chi connectivity index (χ2v) is 10.3. The molecule has 1 atom stereocenters. The molecule has 3 aromatic rings. The van der Waals surface area contributed by atoms with E-state index < -0.39 is 21.1 Å².